The van der Waals surface area contributed by atoms with Crippen molar-refractivity contribution in [1.29, 1.82) is 0 Å². The van der Waals surface area contributed by atoms with E-state index in [1.165, 1.54) is 0 Å². The van der Waals surface area contributed by atoms with E-state index < -0.39 is 0 Å². The molecule has 2 fully saturated rings. The fourth-order valence-corrected chi connectivity index (χ4v) is 5.38. The largest absolute Gasteiger partial charge is 0.325 e. The Labute approximate surface area is 176 Å². The summed E-state index contributed by atoms with van der Waals surface area (Å²) in [6.45, 7) is 1.14. The Bertz CT molecular complexity index is 877. The molecular formula is C20H18BrClN2O2S. The number of benzene rings is 2. The van der Waals surface area contributed by atoms with Crippen molar-refractivity contribution >= 4 is 56.8 Å². The van der Waals surface area contributed by atoms with Gasteiger partial charge in [0, 0.05) is 40.4 Å². The second-order valence-corrected chi connectivity index (χ2v) is 9.23. The fourth-order valence-electron chi connectivity index (χ4n) is 3.60. The van der Waals surface area contributed by atoms with E-state index in [1.54, 1.807) is 16.7 Å². The molecule has 7 heteroatoms. The average molecular weight is 466 g/mol. The van der Waals surface area contributed by atoms with Crippen molar-refractivity contribution in [1.82, 2.24) is 4.90 Å². The van der Waals surface area contributed by atoms with Crippen LogP contribution < -0.4 is 4.90 Å². The molecule has 0 saturated carbocycles. The summed E-state index contributed by atoms with van der Waals surface area (Å²) < 4.78 is 0.918. The molecule has 2 aromatic rings. The maximum Gasteiger partial charge on any atom is 0.229 e. The molecule has 2 aliphatic heterocycles. The van der Waals surface area contributed by atoms with Gasteiger partial charge in [-0.05, 0) is 35.9 Å². The van der Waals surface area contributed by atoms with Crippen LogP contribution in [0.4, 0.5) is 5.69 Å². The highest BCUT2D eigenvalue weighted by Gasteiger charge is 2.40. The van der Waals surface area contributed by atoms with Crippen LogP contribution in [0.25, 0.3) is 0 Å². The number of hydrogen-bond donors (Lipinski definition) is 0. The first-order chi connectivity index (χ1) is 13.0. The highest BCUT2D eigenvalue weighted by molar-refractivity contribution is 9.10. The third-order valence-electron chi connectivity index (χ3n) is 4.92. The highest BCUT2D eigenvalue weighted by Crippen LogP contribution is 2.40. The first kappa shape index (κ1) is 18.8. The SMILES string of the molecule is O=C1CC(C(=O)N2CCSC2c2ccc(Cl)cc2)CN1c1cccc(Br)c1. The van der Waals surface area contributed by atoms with Gasteiger partial charge in [0.1, 0.15) is 5.37 Å². The first-order valence-electron chi connectivity index (χ1n) is 8.76. The monoisotopic (exact) mass is 464 g/mol. The van der Waals surface area contributed by atoms with Crippen molar-refractivity contribution < 1.29 is 9.59 Å². The summed E-state index contributed by atoms with van der Waals surface area (Å²) in [5, 5.41) is 0.676. The number of thioether (sulfide) groups is 1. The summed E-state index contributed by atoms with van der Waals surface area (Å²) in [6, 6.07) is 15.3. The molecule has 2 heterocycles. The van der Waals surface area contributed by atoms with Crippen LogP contribution in [-0.2, 0) is 9.59 Å². The molecule has 0 spiro atoms. The van der Waals surface area contributed by atoms with Crippen LogP contribution in [0, 0.1) is 5.92 Å². The van der Waals surface area contributed by atoms with Gasteiger partial charge in [0.25, 0.3) is 0 Å². The number of amides is 2. The van der Waals surface area contributed by atoms with Gasteiger partial charge in [-0.1, -0.05) is 45.7 Å². The average Bonchev–Trinajstić information content (AvgIpc) is 3.29. The number of nitrogens with zero attached hydrogens (tertiary/aromatic N) is 2. The van der Waals surface area contributed by atoms with E-state index in [0.29, 0.717) is 18.1 Å². The molecule has 140 valence electrons. The molecular weight excluding hydrogens is 448 g/mol. The molecule has 2 atom stereocenters. The summed E-state index contributed by atoms with van der Waals surface area (Å²) >= 11 is 11.2. The standard InChI is InChI=1S/C20H18BrClN2O2S/c21-15-2-1-3-17(11-15)24-12-14(10-18(24)25)19(26)23-8-9-27-20(23)13-4-6-16(22)7-5-13/h1-7,11,14,20H,8-10,12H2. The molecule has 2 unspecified atom stereocenters. The molecule has 4 rings (SSSR count). The van der Waals surface area contributed by atoms with Crippen LogP contribution in [0.5, 0.6) is 0 Å². The second-order valence-electron chi connectivity index (χ2n) is 6.69. The Hall–Kier alpha value is -1.50. The quantitative estimate of drug-likeness (QED) is 0.658. The van der Waals surface area contributed by atoms with Crippen molar-refractivity contribution in [2.24, 2.45) is 5.92 Å². The van der Waals surface area contributed by atoms with E-state index in [9.17, 15) is 9.59 Å². The lowest BCUT2D eigenvalue weighted by Crippen LogP contribution is -2.37. The first-order valence-corrected chi connectivity index (χ1v) is 11.0. The van der Waals surface area contributed by atoms with E-state index in [4.69, 9.17) is 11.6 Å². The van der Waals surface area contributed by atoms with Crippen LogP contribution in [-0.4, -0.2) is 35.6 Å². The molecule has 2 amide bonds. The summed E-state index contributed by atoms with van der Waals surface area (Å²) in [5.74, 6) is 0.659. The maximum absolute atomic E-state index is 13.2. The summed E-state index contributed by atoms with van der Waals surface area (Å²) in [6.07, 6.45) is 0.264. The van der Waals surface area contributed by atoms with Crippen molar-refractivity contribution in [2.45, 2.75) is 11.8 Å². The molecule has 2 aromatic carbocycles. The Morgan fingerprint density at radius 3 is 2.70 bits per heavy atom. The summed E-state index contributed by atoms with van der Waals surface area (Å²) in [7, 11) is 0. The van der Waals surface area contributed by atoms with Gasteiger partial charge in [-0.3, -0.25) is 9.59 Å². The molecule has 0 N–H and O–H groups in total. The lowest BCUT2D eigenvalue weighted by molar-refractivity contribution is -0.136. The molecule has 2 aliphatic rings. The molecule has 27 heavy (non-hydrogen) atoms. The number of halogens is 2. The zero-order valence-electron chi connectivity index (χ0n) is 14.5. The van der Waals surface area contributed by atoms with Crippen LogP contribution in [0.15, 0.2) is 53.0 Å². The van der Waals surface area contributed by atoms with Gasteiger partial charge in [0.05, 0.1) is 5.92 Å². The van der Waals surface area contributed by atoms with E-state index in [-0.39, 0.29) is 29.5 Å². The fraction of sp³-hybridized carbons (Fsp3) is 0.300. The minimum atomic E-state index is -0.301. The van der Waals surface area contributed by atoms with Gasteiger partial charge in [-0.15, -0.1) is 11.8 Å². The van der Waals surface area contributed by atoms with Crippen molar-refractivity contribution in [3.63, 3.8) is 0 Å². The zero-order valence-corrected chi connectivity index (χ0v) is 17.6. The second kappa shape index (κ2) is 7.86. The molecule has 0 aromatic heterocycles. The highest BCUT2D eigenvalue weighted by atomic mass is 79.9. The lowest BCUT2D eigenvalue weighted by Gasteiger charge is -2.27. The van der Waals surface area contributed by atoms with E-state index >= 15 is 0 Å². The van der Waals surface area contributed by atoms with Gasteiger partial charge < -0.3 is 9.80 Å². The van der Waals surface area contributed by atoms with Gasteiger partial charge in [-0.25, -0.2) is 0 Å². The number of anilines is 1. The summed E-state index contributed by atoms with van der Waals surface area (Å²) in [5.41, 5.74) is 1.90. The molecule has 2 saturated heterocycles. The van der Waals surface area contributed by atoms with Crippen molar-refractivity contribution in [2.75, 3.05) is 23.7 Å². The van der Waals surface area contributed by atoms with Gasteiger partial charge in [0.2, 0.25) is 11.8 Å². The normalized spacial score (nSPS) is 22.5. The Kier molecular flexibility index (Phi) is 5.48. The summed E-state index contributed by atoms with van der Waals surface area (Å²) in [4.78, 5) is 29.3. The minimum Gasteiger partial charge on any atom is -0.325 e. The Morgan fingerprint density at radius 1 is 1.19 bits per heavy atom. The third-order valence-corrected chi connectivity index (χ3v) is 6.93. The van der Waals surface area contributed by atoms with Crippen molar-refractivity contribution in [3.05, 3.63) is 63.6 Å². The molecule has 0 bridgehead atoms. The van der Waals surface area contributed by atoms with Crippen molar-refractivity contribution in [3.8, 4) is 0 Å². The number of rotatable bonds is 3. The predicted octanol–water partition coefficient (Wildman–Crippen LogP) is 4.73. The number of hydrogen-bond acceptors (Lipinski definition) is 3. The smallest absolute Gasteiger partial charge is 0.229 e. The molecule has 4 nitrogen and oxygen atoms in total. The Morgan fingerprint density at radius 2 is 1.96 bits per heavy atom. The third kappa shape index (κ3) is 3.89. The maximum atomic E-state index is 13.2. The lowest BCUT2D eigenvalue weighted by atomic mass is 10.1. The topological polar surface area (TPSA) is 40.6 Å². The van der Waals surface area contributed by atoms with Crippen LogP contribution >= 0.6 is 39.3 Å². The van der Waals surface area contributed by atoms with E-state index in [1.807, 2.05) is 53.4 Å². The Balaban J connectivity index is 1.51. The van der Waals surface area contributed by atoms with E-state index in [2.05, 4.69) is 15.9 Å². The predicted molar refractivity (Wildman–Crippen MR) is 113 cm³/mol. The molecule has 0 aliphatic carbocycles. The van der Waals surface area contributed by atoms with Gasteiger partial charge in [-0.2, -0.15) is 0 Å². The zero-order chi connectivity index (χ0) is 19.0. The van der Waals surface area contributed by atoms with Gasteiger partial charge in [0.15, 0.2) is 0 Å². The number of carbonyl (C=O) groups is 2. The van der Waals surface area contributed by atoms with E-state index in [0.717, 1.165) is 21.5 Å². The van der Waals surface area contributed by atoms with Crippen LogP contribution in [0.2, 0.25) is 5.02 Å². The van der Waals surface area contributed by atoms with Crippen LogP contribution in [0.3, 0.4) is 0 Å². The van der Waals surface area contributed by atoms with Gasteiger partial charge >= 0.3 is 0 Å². The number of carbonyl (C=O) groups excluding carboxylic acids is 2. The van der Waals surface area contributed by atoms with Crippen LogP contribution in [0.1, 0.15) is 17.4 Å². The molecule has 0 radical (unpaired) electrons. The minimum absolute atomic E-state index is 0.00124.